The van der Waals surface area contributed by atoms with E-state index in [0.29, 0.717) is 45.2 Å². The van der Waals surface area contributed by atoms with E-state index in [-0.39, 0.29) is 31.8 Å². The van der Waals surface area contributed by atoms with E-state index < -0.39 is 5.41 Å². The molecule has 0 aliphatic carbocycles. The SMILES string of the molecule is CC(C)c1nc(CN2C(=O)C3(COc4cc5c(cc43)OCO5)c3c(Cl)cccc32)no1. The third-order valence-corrected chi connectivity index (χ3v) is 6.29. The van der Waals surface area contributed by atoms with Gasteiger partial charge in [0.25, 0.3) is 0 Å². The lowest BCUT2D eigenvalue weighted by atomic mass is 9.77. The molecular formula is C22H18ClN3O5. The summed E-state index contributed by atoms with van der Waals surface area (Å²) in [5.41, 5.74) is 1.07. The van der Waals surface area contributed by atoms with E-state index in [4.69, 9.17) is 30.3 Å². The third kappa shape index (κ3) is 2.45. The van der Waals surface area contributed by atoms with E-state index in [0.717, 1.165) is 5.56 Å². The van der Waals surface area contributed by atoms with Crippen molar-refractivity contribution in [2.75, 3.05) is 18.3 Å². The number of nitrogens with zero attached hydrogens (tertiary/aromatic N) is 3. The molecule has 1 unspecified atom stereocenters. The maximum atomic E-state index is 14.0. The Bertz CT molecular complexity index is 1240. The molecule has 6 rings (SSSR count). The van der Waals surface area contributed by atoms with E-state index >= 15 is 0 Å². The molecular weight excluding hydrogens is 422 g/mol. The van der Waals surface area contributed by atoms with E-state index in [2.05, 4.69) is 10.1 Å². The Morgan fingerprint density at radius 3 is 2.74 bits per heavy atom. The molecule has 31 heavy (non-hydrogen) atoms. The maximum Gasteiger partial charge on any atom is 0.246 e. The normalized spacial score (nSPS) is 20.5. The lowest BCUT2D eigenvalue weighted by Crippen LogP contribution is -2.42. The Labute approximate surface area is 182 Å². The lowest BCUT2D eigenvalue weighted by molar-refractivity contribution is -0.122. The summed E-state index contributed by atoms with van der Waals surface area (Å²) < 4.78 is 22.3. The Morgan fingerprint density at radius 2 is 1.97 bits per heavy atom. The zero-order valence-corrected chi connectivity index (χ0v) is 17.6. The zero-order valence-electron chi connectivity index (χ0n) is 16.8. The van der Waals surface area contributed by atoms with Gasteiger partial charge in [0.1, 0.15) is 17.8 Å². The molecule has 0 N–H and O–H groups in total. The van der Waals surface area contributed by atoms with Gasteiger partial charge in [-0.2, -0.15) is 4.98 Å². The number of amides is 1. The number of ether oxygens (including phenoxy) is 3. The molecule has 3 aliphatic heterocycles. The molecule has 1 amide bonds. The molecule has 0 bridgehead atoms. The molecule has 0 radical (unpaired) electrons. The summed E-state index contributed by atoms with van der Waals surface area (Å²) in [6.45, 7) is 4.39. The van der Waals surface area contributed by atoms with Crippen LogP contribution in [0.1, 0.15) is 42.6 Å². The summed E-state index contributed by atoms with van der Waals surface area (Å²) in [6.07, 6.45) is 0. The topological polar surface area (TPSA) is 86.9 Å². The van der Waals surface area contributed by atoms with Gasteiger partial charge in [0, 0.05) is 28.1 Å². The molecule has 0 saturated heterocycles. The van der Waals surface area contributed by atoms with E-state index in [1.807, 2.05) is 32.0 Å². The molecule has 2 aromatic carbocycles. The number of carbonyl (C=O) groups excluding carboxylic acids is 1. The standard InChI is InChI=1S/C22H18ClN3O5/c1-11(2)20-24-18(25-31-20)8-26-14-5-3-4-13(23)19(14)22(21(26)27)9-28-15-7-17-16(6-12(15)22)29-10-30-17/h3-7,11H,8-10H2,1-2H3. The van der Waals surface area contributed by atoms with Crippen molar-refractivity contribution in [3.63, 3.8) is 0 Å². The van der Waals surface area contributed by atoms with Crippen molar-refractivity contribution in [3.8, 4) is 17.2 Å². The fourth-order valence-corrected chi connectivity index (χ4v) is 4.83. The summed E-state index contributed by atoms with van der Waals surface area (Å²) in [7, 11) is 0. The van der Waals surface area contributed by atoms with Gasteiger partial charge in [0.05, 0.1) is 12.2 Å². The molecule has 158 valence electrons. The number of rotatable bonds is 3. The number of aromatic nitrogens is 2. The van der Waals surface area contributed by atoms with Gasteiger partial charge in [-0.3, -0.25) is 4.79 Å². The highest BCUT2D eigenvalue weighted by atomic mass is 35.5. The van der Waals surface area contributed by atoms with Crippen LogP contribution in [0, 0.1) is 0 Å². The molecule has 1 spiro atoms. The van der Waals surface area contributed by atoms with Gasteiger partial charge in [-0.1, -0.05) is 36.7 Å². The minimum Gasteiger partial charge on any atom is -0.491 e. The van der Waals surface area contributed by atoms with E-state index in [1.165, 1.54) is 0 Å². The Morgan fingerprint density at radius 1 is 1.16 bits per heavy atom. The van der Waals surface area contributed by atoms with Gasteiger partial charge in [0.2, 0.25) is 18.6 Å². The number of fused-ring (bicyclic) bond motifs is 5. The average Bonchev–Trinajstić information content (AvgIpc) is 3.51. The van der Waals surface area contributed by atoms with E-state index in [1.54, 1.807) is 17.0 Å². The van der Waals surface area contributed by atoms with Crippen LogP contribution in [0.15, 0.2) is 34.9 Å². The molecule has 1 aromatic heterocycles. The van der Waals surface area contributed by atoms with Crippen molar-refractivity contribution in [2.24, 2.45) is 0 Å². The largest absolute Gasteiger partial charge is 0.491 e. The van der Waals surface area contributed by atoms with Crippen LogP contribution in [0.3, 0.4) is 0 Å². The van der Waals surface area contributed by atoms with E-state index in [9.17, 15) is 4.79 Å². The first-order chi connectivity index (χ1) is 15.0. The summed E-state index contributed by atoms with van der Waals surface area (Å²) in [5, 5.41) is 4.56. The molecule has 0 fully saturated rings. The molecule has 9 heteroatoms. The quantitative estimate of drug-likeness (QED) is 0.613. The van der Waals surface area contributed by atoms with Crippen LogP contribution in [0.4, 0.5) is 5.69 Å². The number of hydrogen-bond donors (Lipinski definition) is 0. The van der Waals surface area contributed by atoms with Gasteiger partial charge in [-0.05, 0) is 18.2 Å². The predicted octanol–water partition coefficient (Wildman–Crippen LogP) is 3.80. The second-order valence-electron chi connectivity index (χ2n) is 8.12. The number of benzene rings is 2. The first kappa shape index (κ1) is 18.5. The number of halogens is 1. The maximum absolute atomic E-state index is 14.0. The fraction of sp³-hybridized carbons (Fsp3) is 0.318. The summed E-state index contributed by atoms with van der Waals surface area (Å²) in [6, 6.07) is 9.08. The van der Waals surface area contributed by atoms with Crippen molar-refractivity contribution in [1.82, 2.24) is 10.1 Å². The molecule has 3 aromatic rings. The van der Waals surface area contributed by atoms with Crippen LogP contribution < -0.4 is 19.1 Å². The third-order valence-electron chi connectivity index (χ3n) is 5.98. The molecule has 1 atom stereocenters. The van der Waals surface area contributed by atoms with Crippen LogP contribution in [0.2, 0.25) is 5.02 Å². The van der Waals surface area contributed by atoms with Crippen LogP contribution in [0.25, 0.3) is 0 Å². The highest BCUT2D eigenvalue weighted by molar-refractivity contribution is 6.33. The molecule has 8 nitrogen and oxygen atoms in total. The second kappa shape index (κ2) is 6.37. The smallest absolute Gasteiger partial charge is 0.246 e. The highest BCUT2D eigenvalue weighted by Crippen LogP contribution is 2.56. The molecule has 4 heterocycles. The van der Waals surface area contributed by atoms with Crippen LogP contribution >= 0.6 is 11.6 Å². The predicted molar refractivity (Wildman–Crippen MR) is 110 cm³/mol. The highest BCUT2D eigenvalue weighted by Gasteiger charge is 2.58. The minimum absolute atomic E-state index is 0.100. The molecule has 3 aliphatic rings. The lowest BCUT2D eigenvalue weighted by Gasteiger charge is -2.23. The Hall–Kier alpha value is -3.26. The van der Waals surface area contributed by atoms with Crippen molar-refractivity contribution < 1.29 is 23.5 Å². The van der Waals surface area contributed by atoms with Crippen LogP contribution in [-0.4, -0.2) is 29.4 Å². The minimum atomic E-state index is -1.07. The average molecular weight is 440 g/mol. The van der Waals surface area contributed by atoms with Gasteiger partial charge in [-0.25, -0.2) is 0 Å². The number of anilines is 1. The second-order valence-corrected chi connectivity index (χ2v) is 8.53. The van der Waals surface area contributed by atoms with Crippen LogP contribution in [0.5, 0.6) is 17.2 Å². The number of carbonyl (C=O) groups is 1. The first-order valence-electron chi connectivity index (χ1n) is 9.99. The van der Waals surface area contributed by atoms with Crippen molar-refractivity contribution in [3.05, 3.63) is 58.2 Å². The monoisotopic (exact) mass is 439 g/mol. The van der Waals surface area contributed by atoms with Gasteiger partial charge in [-0.15, -0.1) is 0 Å². The summed E-state index contributed by atoms with van der Waals surface area (Å²) in [4.78, 5) is 20.1. The first-order valence-corrected chi connectivity index (χ1v) is 10.4. The van der Waals surface area contributed by atoms with Crippen molar-refractivity contribution >= 4 is 23.2 Å². The Kier molecular flexibility index (Phi) is 3.80. The summed E-state index contributed by atoms with van der Waals surface area (Å²) >= 11 is 6.66. The fourth-order valence-electron chi connectivity index (χ4n) is 4.50. The Balaban J connectivity index is 1.49. The number of hydrogen-bond acceptors (Lipinski definition) is 7. The van der Waals surface area contributed by atoms with Crippen LogP contribution in [-0.2, 0) is 16.8 Å². The summed E-state index contributed by atoms with van der Waals surface area (Å²) in [5.74, 6) is 2.70. The van der Waals surface area contributed by atoms with Gasteiger partial charge < -0.3 is 23.6 Å². The van der Waals surface area contributed by atoms with Gasteiger partial charge >= 0.3 is 0 Å². The molecule has 0 saturated carbocycles. The van der Waals surface area contributed by atoms with Crippen molar-refractivity contribution in [2.45, 2.75) is 31.7 Å². The van der Waals surface area contributed by atoms with Crippen molar-refractivity contribution in [1.29, 1.82) is 0 Å². The zero-order chi connectivity index (χ0) is 21.3. The van der Waals surface area contributed by atoms with Gasteiger partial charge in [0.15, 0.2) is 17.3 Å².